The summed E-state index contributed by atoms with van der Waals surface area (Å²) in [5.74, 6) is 2.13. The summed E-state index contributed by atoms with van der Waals surface area (Å²) in [7, 11) is -2.79. The minimum absolute atomic E-state index is 0.964. The summed E-state index contributed by atoms with van der Waals surface area (Å²) < 4.78 is 43.9. The van der Waals surface area contributed by atoms with Crippen molar-refractivity contribution in [2.45, 2.75) is 25.7 Å². The Morgan fingerprint density at radius 3 is 2.31 bits per heavy atom. The van der Waals surface area contributed by atoms with Gasteiger partial charge in [-0.1, -0.05) is 53.8 Å². The van der Waals surface area contributed by atoms with Gasteiger partial charge in [-0.2, -0.15) is 4.57 Å². The summed E-state index contributed by atoms with van der Waals surface area (Å²) in [6.45, 7) is 0. The Kier molecular flexibility index (Phi) is 6.76. The molecule has 2 heterocycles. The van der Waals surface area contributed by atoms with Crippen molar-refractivity contribution in [2.75, 3.05) is 0 Å². The van der Waals surface area contributed by atoms with Crippen LogP contribution >= 0.6 is 11.3 Å². The van der Waals surface area contributed by atoms with Gasteiger partial charge in [-0.3, -0.25) is 0 Å². The van der Waals surface area contributed by atoms with E-state index >= 15 is 0 Å². The van der Waals surface area contributed by atoms with Crippen LogP contribution < -0.4 is 23.2 Å². The summed E-state index contributed by atoms with van der Waals surface area (Å²) in [6.07, 6.45) is 9.17. The molecule has 8 heteroatoms. The van der Waals surface area contributed by atoms with E-state index in [0.717, 1.165) is 29.9 Å². The van der Waals surface area contributed by atoms with Gasteiger partial charge in [0, 0.05) is 24.1 Å². The molecule has 0 amide bonds. The molecule has 5 rings (SSSR count). The molecule has 0 N–H and O–H groups in total. The number of benzene rings is 2. The second-order valence-electron chi connectivity index (χ2n) is 7.53. The average Bonchev–Trinajstić information content (AvgIpc) is 3.09. The highest BCUT2D eigenvalue weighted by molar-refractivity contribution is 7.18. The van der Waals surface area contributed by atoms with Gasteiger partial charge in [-0.25, -0.2) is 18.6 Å². The topological polar surface area (TPSA) is 105 Å². The maximum Gasteiger partial charge on any atom is 0.263 e. The minimum Gasteiger partial charge on any atom is -0.461 e. The number of rotatable bonds is 2. The fourth-order valence-corrected chi connectivity index (χ4v) is 5.04. The molecule has 0 saturated heterocycles. The Morgan fingerprint density at radius 1 is 0.938 bits per heavy atom. The van der Waals surface area contributed by atoms with E-state index in [4.69, 9.17) is 23.4 Å². The lowest BCUT2D eigenvalue weighted by Crippen LogP contribution is -2.68. The number of fused-ring (bicyclic) bond motifs is 1. The lowest BCUT2D eigenvalue weighted by Gasteiger charge is -2.27. The number of hydrogen-bond donors (Lipinski definition) is 0. The summed E-state index contributed by atoms with van der Waals surface area (Å²) in [6, 6.07) is 19.0. The van der Waals surface area contributed by atoms with Gasteiger partial charge < -0.3 is 4.74 Å². The first-order chi connectivity index (χ1) is 15.3. The largest absolute Gasteiger partial charge is 0.461 e. The highest BCUT2D eigenvalue weighted by Crippen LogP contribution is 2.40. The molecule has 2 aromatic carbocycles. The number of nitrogens with zero attached hydrogens (tertiary/aromatic N) is 1. The molecule has 0 spiro atoms. The monoisotopic (exact) mass is 471 g/mol. The molecule has 3 aromatic rings. The van der Waals surface area contributed by atoms with Crippen LogP contribution in [0, 0.1) is 10.2 Å². The molecule has 1 aromatic heterocycles. The highest BCUT2D eigenvalue weighted by Gasteiger charge is 2.25. The molecule has 0 bridgehead atoms. The van der Waals surface area contributed by atoms with Crippen molar-refractivity contribution in [2.24, 2.45) is 7.05 Å². The zero-order valence-electron chi connectivity index (χ0n) is 17.5. The third-order valence-corrected chi connectivity index (χ3v) is 6.56. The van der Waals surface area contributed by atoms with E-state index < -0.39 is 10.2 Å². The fraction of sp³-hybridized carbons (Fsp3) is 0.208. The predicted octanol–water partition coefficient (Wildman–Crippen LogP) is 1.25. The van der Waals surface area contributed by atoms with Gasteiger partial charge in [0.05, 0.1) is 0 Å². The minimum atomic E-state index is -4.94. The highest BCUT2D eigenvalue weighted by atomic mass is 35.7. The van der Waals surface area contributed by atoms with Crippen molar-refractivity contribution in [3.05, 3.63) is 88.1 Å². The molecule has 0 radical (unpaired) electrons. The number of aromatic nitrogens is 1. The Labute approximate surface area is 192 Å². The molecule has 0 saturated carbocycles. The van der Waals surface area contributed by atoms with E-state index in [1.54, 1.807) is 0 Å². The zero-order chi connectivity index (χ0) is 22.7. The van der Waals surface area contributed by atoms with Crippen LogP contribution in [-0.4, -0.2) is 0 Å². The summed E-state index contributed by atoms with van der Waals surface area (Å²) in [5, 5.41) is 1.27. The van der Waals surface area contributed by atoms with Gasteiger partial charge in [0.1, 0.15) is 23.3 Å². The molecule has 0 unspecified atom stereocenters. The number of para-hydroxylation sites is 1. The molecule has 166 valence electrons. The van der Waals surface area contributed by atoms with Gasteiger partial charge in [0.25, 0.3) is 5.01 Å². The van der Waals surface area contributed by atoms with E-state index in [1.165, 1.54) is 39.2 Å². The maximum atomic E-state index is 8.49. The molecule has 1 aliphatic carbocycles. The third-order valence-electron chi connectivity index (χ3n) is 5.39. The number of allylic oxidation sites excluding steroid dienone is 4. The van der Waals surface area contributed by atoms with Crippen molar-refractivity contribution in [1.82, 2.24) is 0 Å². The van der Waals surface area contributed by atoms with Crippen LogP contribution in [0.2, 0.25) is 0 Å². The molecule has 32 heavy (non-hydrogen) atoms. The van der Waals surface area contributed by atoms with Crippen molar-refractivity contribution >= 4 is 33.4 Å². The van der Waals surface area contributed by atoms with Crippen LogP contribution in [0.5, 0.6) is 0 Å². The second-order valence-corrected chi connectivity index (χ2v) is 9.35. The Hall–Kier alpha value is -2.52. The third kappa shape index (κ3) is 5.45. The summed E-state index contributed by atoms with van der Waals surface area (Å²) in [5.41, 5.74) is 5.11. The number of aryl methyl sites for hydroxylation is 1. The van der Waals surface area contributed by atoms with Crippen LogP contribution in [0.1, 0.15) is 36.3 Å². The quantitative estimate of drug-likeness (QED) is 0.523. The summed E-state index contributed by atoms with van der Waals surface area (Å²) >= 11 is 1.85. The Bertz CT molecular complexity index is 1200. The van der Waals surface area contributed by atoms with Crippen molar-refractivity contribution in [3.8, 4) is 0 Å². The Balaban J connectivity index is 0.000000444. The van der Waals surface area contributed by atoms with Crippen molar-refractivity contribution < 1.29 is 38.2 Å². The average molecular weight is 472 g/mol. The van der Waals surface area contributed by atoms with Gasteiger partial charge in [0.15, 0.2) is 0 Å². The summed E-state index contributed by atoms with van der Waals surface area (Å²) in [4.78, 5) is 0. The molecule has 0 atom stereocenters. The van der Waals surface area contributed by atoms with Crippen LogP contribution in [0.4, 0.5) is 0 Å². The van der Waals surface area contributed by atoms with Crippen molar-refractivity contribution in [3.63, 3.8) is 0 Å². The molecule has 0 fully saturated rings. The molecular formula is C24H22ClNO5S. The lowest BCUT2D eigenvalue weighted by atomic mass is 9.89. The normalized spacial score (nSPS) is 17.4. The first kappa shape index (κ1) is 22.7. The first-order valence-electron chi connectivity index (χ1n) is 10.2. The van der Waals surface area contributed by atoms with Crippen molar-refractivity contribution in [1.29, 1.82) is 0 Å². The maximum absolute atomic E-state index is 8.49. The molecule has 1 aliphatic heterocycles. The molecule has 6 nitrogen and oxygen atoms in total. The smallest absolute Gasteiger partial charge is 0.263 e. The molecule has 2 aliphatic rings. The van der Waals surface area contributed by atoms with Crippen LogP contribution in [0.3, 0.4) is 0 Å². The van der Waals surface area contributed by atoms with Crippen LogP contribution in [-0.2, 0) is 11.8 Å². The standard InChI is InChI=1S/C24H22NOS.ClHO4/c1-25-20-12-6-8-14-23(20)27-24(25)16-18-15-22(17-9-3-2-4-10-17)26-21-13-7-5-11-19(18)21;2-1(3,4)5/h2-4,6,8-10,12,14-16H,5,7,11,13H2,1H3;(H,2,3,4,5)/q+1;/p-1/b18-16+;. The number of halogens is 1. The van der Waals surface area contributed by atoms with Gasteiger partial charge in [0.2, 0.25) is 5.52 Å². The zero-order valence-corrected chi connectivity index (χ0v) is 19.0. The van der Waals surface area contributed by atoms with E-state index in [-0.39, 0.29) is 0 Å². The van der Waals surface area contributed by atoms with Gasteiger partial charge >= 0.3 is 0 Å². The van der Waals surface area contributed by atoms with E-state index in [2.05, 4.69) is 72.3 Å². The van der Waals surface area contributed by atoms with E-state index in [9.17, 15) is 0 Å². The predicted molar refractivity (Wildman–Crippen MR) is 112 cm³/mol. The van der Waals surface area contributed by atoms with Gasteiger partial charge in [-0.15, -0.1) is 10.2 Å². The van der Waals surface area contributed by atoms with Crippen LogP contribution in [0.15, 0.2) is 77.6 Å². The lowest BCUT2D eigenvalue weighted by molar-refractivity contribution is -2.00. The second kappa shape index (κ2) is 9.54. The first-order valence-corrected chi connectivity index (χ1v) is 12.2. The van der Waals surface area contributed by atoms with E-state index in [0.29, 0.717) is 0 Å². The number of thiazole rings is 1. The number of ether oxygens (including phenoxy) is 1. The van der Waals surface area contributed by atoms with Gasteiger partial charge in [-0.05, 0) is 42.6 Å². The van der Waals surface area contributed by atoms with Crippen LogP contribution in [0.25, 0.3) is 22.1 Å². The fourth-order valence-electron chi connectivity index (χ4n) is 3.94. The molecular weight excluding hydrogens is 450 g/mol. The Morgan fingerprint density at radius 2 is 1.59 bits per heavy atom. The number of hydrogen-bond acceptors (Lipinski definition) is 6. The SMILES string of the molecule is C[n+]1c(/C=C2\C=C(c3ccccc3)OC3=C2CCCC3)sc2ccccc21.[O-][Cl+3]([O-])([O-])[O-]. The van der Waals surface area contributed by atoms with E-state index in [1.807, 2.05) is 17.4 Å².